The third-order valence-electron chi connectivity index (χ3n) is 5.34. The lowest BCUT2D eigenvalue weighted by atomic mass is 9.98. The third kappa shape index (κ3) is 4.10. The second-order valence-corrected chi connectivity index (χ2v) is 8.41. The van der Waals surface area contributed by atoms with Gasteiger partial charge in [0.1, 0.15) is 5.82 Å². The number of aromatic amines is 1. The molecule has 0 radical (unpaired) electrons. The molecule has 2 aromatic heterocycles. The summed E-state index contributed by atoms with van der Waals surface area (Å²) in [5.74, 6) is 1.45. The van der Waals surface area contributed by atoms with Crippen molar-refractivity contribution in [2.75, 3.05) is 19.8 Å². The first kappa shape index (κ1) is 19.1. The molecule has 0 aliphatic carbocycles. The van der Waals surface area contributed by atoms with Gasteiger partial charge in [0.15, 0.2) is 5.82 Å². The molecule has 1 atom stereocenters. The molecule has 2 fully saturated rings. The molecule has 2 aliphatic heterocycles. The molecular formula is C19H25N5O3S. The number of carbonyl (C=O) groups excluding carboxylic acids is 2. The zero-order valence-corrected chi connectivity index (χ0v) is 16.8. The van der Waals surface area contributed by atoms with Crippen molar-refractivity contribution in [2.24, 2.45) is 5.92 Å². The van der Waals surface area contributed by atoms with Gasteiger partial charge in [0, 0.05) is 30.6 Å². The first-order valence-corrected chi connectivity index (χ1v) is 10.6. The quantitative estimate of drug-likeness (QED) is 0.797. The van der Waals surface area contributed by atoms with Crippen LogP contribution in [0.4, 0.5) is 0 Å². The summed E-state index contributed by atoms with van der Waals surface area (Å²) in [6, 6.07) is 3.91. The minimum atomic E-state index is -0.140. The summed E-state index contributed by atoms with van der Waals surface area (Å²) >= 11 is 1.47. The molecule has 9 heteroatoms. The normalized spacial score (nSPS) is 20.5. The first-order valence-electron chi connectivity index (χ1n) is 9.76. The van der Waals surface area contributed by atoms with Gasteiger partial charge >= 0.3 is 0 Å². The van der Waals surface area contributed by atoms with Crippen molar-refractivity contribution in [3.63, 3.8) is 0 Å². The smallest absolute Gasteiger partial charge is 0.261 e. The number of nitrogens with one attached hydrogen (secondary N) is 2. The van der Waals surface area contributed by atoms with E-state index in [1.807, 2.05) is 24.0 Å². The van der Waals surface area contributed by atoms with E-state index < -0.39 is 0 Å². The molecule has 0 unspecified atom stereocenters. The van der Waals surface area contributed by atoms with Gasteiger partial charge in [0.05, 0.1) is 17.5 Å². The van der Waals surface area contributed by atoms with Crippen molar-refractivity contribution in [3.8, 4) is 0 Å². The predicted molar refractivity (Wildman–Crippen MR) is 104 cm³/mol. The predicted octanol–water partition coefficient (Wildman–Crippen LogP) is 2.19. The lowest BCUT2D eigenvalue weighted by Gasteiger charge is -2.30. The standard InChI is InChI=1S/C19H25N5O3S/c1-12-21-17(23-22-12)11-20-18(25)16-5-4-15(28-16)14-3-2-8-24(14)19(26)13-6-9-27-10-7-13/h4-5,13-14H,2-3,6-11H2,1H3,(H,20,25)(H,21,22,23)/t14-/m0/s1. The van der Waals surface area contributed by atoms with Crippen LogP contribution in [0.5, 0.6) is 0 Å². The number of thiophene rings is 1. The van der Waals surface area contributed by atoms with Gasteiger partial charge in [-0.2, -0.15) is 5.10 Å². The molecular weight excluding hydrogens is 378 g/mol. The molecule has 2 saturated heterocycles. The summed E-state index contributed by atoms with van der Waals surface area (Å²) in [4.78, 5) is 33.3. The van der Waals surface area contributed by atoms with Crippen LogP contribution in [0.1, 0.15) is 57.9 Å². The zero-order valence-electron chi connectivity index (χ0n) is 15.9. The number of carbonyl (C=O) groups is 2. The molecule has 2 aliphatic rings. The fourth-order valence-corrected chi connectivity index (χ4v) is 4.95. The minimum absolute atomic E-state index is 0.0712. The van der Waals surface area contributed by atoms with E-state index in [2.05, 4.69) is 20.5 Å². The summed E-state index contributed by atoms with van der Waals surface area (Å²) in [6.45, 7) is 4.24. The molecule has 0 bridgehead atoms. The molecule has 0 aromatic carbocycles. The van der Waals surface area contributed by atoms with Gasteiger partial charge in [-0.05, 0) is 44.7 Å². The average molecular weight is 404 g/mol. The van der Waals surface area contributed by atoms with E-state index in [9.17, 15) is 9.59 Å². The number of hydrogen-bond donors (Lipinski definition) is 2. The van der Waals surface area contributed by atoms with Gasteiger partial charge in [0.2, 0.25) is 5.91 Å². The molecule has 2 aromatic rings. The molecule has 0 saturated carbocycles. The van der Waals surface area contributed by atoms with Crippen molar-refractivity contribution in [1.29, 1.82) is 0 Å². The molecule has 2 N–H and O–H groups in total. The maximum Gasteiger partial charge on any atom is 0.261 e. The van der Waals surface area contributed by atoms with Crippen LogP contribution in [0.3, 0.4) is 0 Å². The van der Waals surface area contributed by atoms with Crippen molar-refractivity contribution >= 4 is 23.2 Å². The largest absolute Gasteiger partial charge is 0.381 e. The Morgan fingerprint density at radius 2 is 2.14 bits per heavy atom. The van der Waals surface area contributed by atoms with E-state index in [4.69, 9.17) is 4.74 Å². The van der Waals surface area contributed by atoms with Gasteiger partial charge in [-0.15, -0.1) is 11.3 Å². The Bertz CT molecular complexity index is 842. The van der Waals surface area contributed by atoms with Crippen LogP contribution < -0.4 is 5.32 Å². The van der Waals surface area contributed by atoms with Gasteiger partial charge < -0.3 is 15.0 Å². The van der Waals surface area contributed by atoms with Crippen LogP contribution in [-0.4, -0.2) is 51.7 Å². The second kappa shape index (κ2) is 8.40. The summed E-state index contributed by atoms with van der Waals surface area (Å²) in [5.41, 5.74) is 0. The molecule has 28 heavy (non-hydrogen) atoms. The van der Waals surface area contributed by atoms with Crippen molar-refractivity contribution in [2.45, 2.75) is 45.2 Å². The Morgan fingerprint density at radius 1 is 1.32 bits per heavy atom. The number of aromatic nitrogens is 3. The van der Waals surface area contributed by atoms with E-state index in [-0.39, 0.29) is 30.3 Å². The fourth-order valence-electron chi connectivity index (χ4n) is 3.87. The Hall–Kier alpha value is -2.26. The fraction of sp³-hybridized carbons (Fsp3) is 0.579. The molecule has 4 rings (SSSR count). The van der Waals surface area contributed by atoms with Crippen LogP contribution in [0.25, 0.3) is 0 Å². The van der Waals surface area contributed by atoms with Gasteiger partial charge in [0.25, 0.3) is 5.91 Å². The highest BCUT2D eigenvalue weighted by molar-refractivity contribution is 7.14. The topological polar surface area (TPSA) is 100 Å². The first-order chi connectivity index (χ1) is 13.6. The highest BCUT2D eigenvalue weighted by atomic mass is 32.1. The molecule has 8 nitrogen and oxygen atoms in total. The van der Waals surface area contributed by atoms with Crippen LogP contribution in [0.15, 0.2) is 12.1 Å². The van der Waals surface area contributed by atoms with Crippen LogP contribution in [0.2, 0.25) is 0 Å². The number of nitrogens with zero attached hydrogens (tertiary/aromatic N) is 3. The maximum absolute atomic E-state index is 13.0. The van der Waals surface area contributed by atoms with Crippen molar-refractivity contribution in [3.05, 3.63) is 33.5 Å². The maximum atomic E-state index is 13.0. The van der Waals surface area contributed by atoms with E-state index in [0.717, 1.165) is 42.9 Å². The summed E-state index contributed by atoms with van der Waals surface area (Å²) in [5, 5.41) is 9.63. The number of likely N-dealkylation sites (tertiary alicyclic amines) is 1. The van der Waals surface area contributed by atoms with Crippen LogP contribution >= 0.6 is 11.3 Å². The van der Waals surface area contributed by atoms with Gasteiger partial charge in [-0.25, -0.2) is 4.98 Å². The highest BCUT2D eigenvalue weighted by Crippen LogP contribution is 2.37. The third-order valence-corrected chi connectivity index (χ3v) is 6.52. The van der Waals surface area contributed by atoms with Gasteiger partial charge in [-0.1, -0.05) is 0 Å². The SMILES string of the molecule is Cc1nc(CNC(=O)c2ccc([C@@H]3CCCN3C(=O)C3CCOCC3)s2)n[nH]1. The highest BCUT2D eigenvalue weighted by Gasteiger charge is 2.35. The van der Waals surface area contributed by atoms with E-state index in [0.29, 0.717) is 23.9 Å². The Balaban J connectivity index is 1.39. The number of hydrogen-bond acceptors (Lipinski definition) is 6. The second-order valence-electron chi connectivity index (χ2n) is 7.30. The Kier molecular flexibility index (Phi) is 5.72. The Labute approximate surface area is 167 Å². The lowest BCUT2D eigenvalue weighted by Crippen LogP contribution is -2.37. The van der Waals surface area contributed by atoms with Crippen LogP contribution in [0, 0.1) is 12.8 Å². The van der Waals surface area contributed by atoms with Crippen molar-refractivity contribution in [1.82, 2.24) is 25.4 Å². The van der Waals surface area contributed by atoms with E-state index in [1.165, 1.54) is 11.3 Å². The summed E-state index contributed by atoms with van der Waals surface area (Å²) < 4.78 is 5.39. The van der Waals surface area contributed by atoms with Crippen molar-refractivity contribution < 1.29 is 14.3 Å². The molecule has 150 valence electrons. The summed E-state index contributed by atoms with van der Waals surface area (Å²) in [7, 11) is 0. The lowest BCUT2D eigenvalue weighted by molar-refractivity contribution is -0.139. The van der Waals surface area contributed by atoms with Crippen LogP contribution in [-0.2, 0) is 16.1 Å². The Morgan fingerprint density at radius 3 is 2.89 bits per heavy atom. The molecule has 0 spiro atoms. The summed E-state index contributed by atoms with van der Waals surface area (Å²) in [6.07, 6.45) is 3.57. The zero-order chi connectivity index (χ0) is 19.5. The van der Waals surface area contributed by atoms with E-state index >= 15 is 0 Å². The monoisotopic (exact) mass is 403 g/mol. The number of ether oxygens (including phenoxy) is 1. The molecule has 4 heterocycles. The number of aryl methyl sites for hydroxylation is 1. The average Bonchev–Trinajstić information content (AvgIpc) is 3.46. The minimum Gasteiger partial charge on any atom is -0.381 e. The number of H-pyrrole nitrogens is 1. The van der Waals surface area contributed by atoms with E-state index in [1.54, 1.807) is 0 Å². The number of rotatable bonds is 5. The van der Waals surface area contributed by atoms with Gasteiger partial charge in [-0.3, -0.25) is 14.7 Å². The number of amides is 2. The molecule has 2 amide bonds.